The molecule has 1 amide bonds. The number of carbonyl (C=O) groups is 1. The van der Waals surface area contributed by atoms with Crippen LogP contribution in [0, 0.1) is 10.1 Å². The molecule has 0 spiro atoms. The van der Waals surface area contributed by atoms with E-state index in [0.29, 0.717) is 0 Å². The van der Waals surface area contributed by atoms with Crippen molar-refractivity contribution < 1.29 is 14.5 Å². The summed E-state index contributed by atoms with van der Waals surface area (Å²) < 4.78 is 4.86. The second kappa shape index (κ2) is 5.77. The molecule has 0 saturated carbocycles. The Morgan fingerprint density at radius 1 is 1.57 bits per heavy atom. The molecule has 0 saturated heterocycles. The second-order valence-corrected chi connectivity index (χ2v) is 3.71. The van der Waals surface area contributed by atoms with E-state index >= 15 is 0 Å². The van der Waals surface area contributed by atoms with Crippen LogP contribution in [0.2, 0.25) is 0 Å². The molecule has 0 unspecified atom stereocenters. The molecule has 2 aromatic rings. The van der Waals surface area contributed by atoms with Crippen LogP contribution in [0.5, 0.6) is 5.75 Å². The maximum absolute atomic E-state index is 12.0. The van der Waals surface area contributed by atoms with Gasteiger partial charge in [0, 0.05) is 17.8 Å². The second-order valence-electron chi connectivity index (χ2n) is 3.71. The third-order valence-corrected chi connectivity index (χ3v) is 2.45. The number of ether oxygens (including phenoxy) is 1. The first kappa shape index (κ1) is 14.1. The summed E-state index contributed by atoms with van der Waals surface area (Å²) in [6.07, 6.45) is 1.29. The Morgan fingerprint density at radius 2 is 2.33 bits per heavy atom. The van der Waals surface area contributed by atoms with Gasteiger partial charge in [-0.2, -0.15) is 0 Å². The number of carbonyl (C=O) groups excluding carboxylic acids is 1. The van der Waals surface area contributed by atoms with Crippen LogP contribution in [0.3, 0.4) is 0 Å². The molecule has 1 N–H and O–H groups in total. The van der Waals surface area contributed by atoms with Gasteiger partial charge >= 0.3 is 5.69 Å². The number of tetrazole rings is 1. The molecule has 21 heavy (non-hydrogen) atoms. The number of rotatable bonds is 5. The zero-order chi connectivity index (χ0) is 15.4. The highest BCUT2D eigenvalue weighted by Crippen LogP contribution is 2.27. The lowest BCUT2D eigenvalue weighted by molar-refractivity contribution is -0.385. The zero-order valence-corrected chi connectivity index (χ0v) is 10.9. The Bertz CT molecular complexity index is 710. The molecule has 0 aliphatic heterocycles. The number of nitrogens with zero attached hydrogens (tertiary/aromatic N) is 5. The lowest BCUT2D eigenvalue weighted by Gasteiger charge is -2.04. The van der Waals surface area contributed by atoms with E-state index in [0.717, 1.165) is 10.9 Å². The number of nitro groups is 1. The number of methoxy groups -OCH3 is 1. The highest BCUT2D eigenvalue weighted by molar-refractivity contribution is 6.03. The van der Waals surface area contributed by atoms with Crippen molar-refractivity contribution in [2.75, 3.05) is 12.4 Å². The lowest BCUT2D eigenvalue weighted by Crippen LogP contribution is -2.13. The van der Waals surface area contributed by atoms with E-state index < -0.39 is 10.8 Å². The minimum Gasteiger partial charge on any atom is -0.490 e. The largest absolute Gasteiger partial charge is 0.490 e. The van der Waals surface area contributed by atoms with Crippen LogP contribution >= 0.6 is 0 Å². The molecule has 0 aliphatic rings. The van der Waals surface area contributed by atoms with E-state index in [4.69, 9.17) is 4.74 Å². The first-order valence-electron chi connectivity index (χ1n) is 5.61. The summed E-state index contributed by atoms with van der Waals surface area (Å²) in [5, 5.41) is 24.2. The highest BCUT2D eigenvalue weighted by Gasteiger charge is 2.19. The number of anilines is 1. The number of nitro benzene ring substituents is 1. The van der Waals surface area contributed by atoms with E-state index in [9.17, 15) is 14.9 Å². The van der Waals surface area contributed by atoms with Gasteiger partial charge in [0.05, 0.1) is 12.0 Å². The highest BCUT2D eigenvalue weighted by atomic mass is 16.6. The van der Waals surface area contributed by atoms with Gasteiger partial charge in [-0.1, -0.05) is 11.7 Å². The Labute approximate surface area is 118 Å². The van der Waals surface area contributed by atoms with Crippen LogP contribution < -0.4 is 10.1 Å². The van der Waals surface area contributed by atoms with Crippen LogP contribution in [0.1, 0.15) is 10.4 Å². The number of aromatic nitrogens is 4. The van der Waals surface area contributed by atoms with Crippen LogP contribution in [-0.4, -0.2) is 38.1 Å². The van der Waals surface area contributed by atoms with Gasteiger partial charge in [0.15, 0.2) is 5.75 Å². The smallest absolute Gasteiger partial charge is 0.311 e. The van der Waals surface area contributed by atoms with Crippen molar-refractivity contribution in [3.63, 3.8) is 0 Å². The molecule has 1 heterocycles. The Kier molecular flexibility index (Phi) is 3.88. The monoisotopic (exact) mass is 290 g/mol. The van der Waals surface area contributed by atoms with Gasteiger partial charge in [-0.05, 0) is 17.3 Å². The fourth-order valence-corrected chi connectivity index (χ4v) is 1.50. The standard InChI is InChI=1S/C11H10N6O4/c1-3-16-14-11(13-15-16)12-10(18)7-4-5-9(21-2)8(6-7)17(19)20/h3-6H,1H2,2H3,(H,12,14,18). The minimum absolute atomic E-state index is 0.0432. The van der Waals surface area contributed by atoms with Crippen LogP contribution in [0.15, 0.2) is 24.8 Å². The molecule has 1 aromatic carbocycles. The molecule has 0 atom stereocenters. The summed E-state index contributed by atoms with van der Waals surface area (Å²) in [6.45, 7) is 3.43. The van der Waals surface area contributed by atoms with E-state index in [2.05, 4.69) is 27.3 Å². The van der Waals surface area contributed by atoms with Crippen molar-refractivity contribution in [1.29, 1.82) is 0 Å². The normalized spacial score (nSPS) is 9.95. The number of amides is 1. The molecular weight excluding hydrogens is 280 g/mol. The third kappa shape index (κ3) is 3.00. The molecule has 10 nitrogen and oxygen atoms in total. The average Bonchev–Trinajstić information content (AvgIpc) is 2.94. The maximum Gasteiger partial charge on any atom is 0.311 e. The van der Waals surface area contributed by atoms with E-state index in [1.165, 1.54) is 25.4 Å². The summed E-state index contributed by atoms with van der Waals surface area (Å²) in [5.74, 6) is -0.588. The lowest BCUT2D eigenvalue weighted by atomic mass is 10.2. The molecule has 1 aromatic heterocycles. The van der Waals surface area contributed by atoms with E-state index in [1.807, 2.05) is 0 Å². The summed E-state index contributed by atoms with van der Waals surface area (Å²) in [6, 6.07) is 3.83. The van der Waals surface area contributed by atoms with E-state index in [1.54, 1.807) is 0 Å². The Balaban J connectivity index is 2.24. The minimum atomic E-state index is -0.637. The fourth-order valence-electron chi connectivity index (χ4n) is 1.50. The average molecular weight is 290 g/mol. The van der Waals surface area contributed by atoms with Gasteiger partial charge in [0.25, 0.3) is 11.9 Å². The molecule has 108 valence electrons. The number of nitrogens with one attached hydrogen (secondary N) is 1. The molecule has 0 aliphatic carbocycles. The maximum atomic E-state index is 12.0. The summed E-state index contributed by atoms with van der Waals surface area (Å²) in [5.41, 5.74) is -0.245. The fraction of sp³-hybridized carbons (Fsp3) is 0.0909. The number of hydrogen-bond donors (Lipinski definition) is 1. The first-order valence-corrected chi connectivity index (χ1v) is 5.61. The van der Waals surface area contributed by atoms with Crippen LogP contribution in [0.4, 0.5) is 11.6 Å². The zero-order valence-electron chi connectivity index (χ0n) is 10.9. The van der Waals surface area contributed by atoms with Gasteiger partial charge < -0.3 is 4.74 Å². The summed E-state index contributed by atoms with van der Waals surface area (Å²) >= 11 is 0. The SMILES string of the molecule is C=Cn1nnc(NC(=O)c2ccc(OC)c([N+](=O)[O-])c2)n1. The molecule has 10 heteroatoms. The van der Waals surface area contributed by atoms with Crippen LogP contribution in [-0.2, 0) is 0 Å². The molecule has 0 bridgehead atoms. The van der Waals surface area contributed by atoms with Gasteiger partial charge in [0.1, 0.15) is 0 Å². The topological polar surface area (TPSA) is 125 Å². The van der Waals surface area contributed by atoms with Crippen molar-refractivity contribution in [2.45, 2.75) is 0 Å². The molecular formula is C11H10N6O4. The Hall–Kier alpha value is -3.30. The molecule has 0 radical (unpaired) electrons. The Morgan fingerprint density at radius 3 is 2.90 bits per heavy atom. The number of benzene rings is 1. The quantitative estimate of drug-likeness (QED) is 0.641. The van der Waals surface area contributed by atoms with Crippen molar-refractivity contribution in [3.8, 4) is 5.75 Å². The predicted molar refractivity (Wildman–Crippen MR) is 71.8 cm³/mol. The van der Waals surface area contributed by atoms with Gasteiger partial charge in [-0.15, -0.1) is 9.90 Å². The van der Waals surface area contributed by atoms with Gasteiger partial charge in [-0.3, -0.25) is 20.2 Å². The van der Waals surface area contributed by atoms with Crippen molar-refractivity contribution in [3.05, 3.63) is 40.5 Å². The summed E-state index contributed by atoms with van der Waals surface area (Å²) in [4.78, 5) is 23.3. The predicted octanol–water partition coefficient (Wildman–Crippen LogP) is 0.943. The summed E-state index contributed by atoms with van der Waals surface area (Å²) in [7, 11) is 1.31. The van der Waals surface area contributed by atoms with Gasteiger partial charge in [0.2, 0.25) is 0 Å². The molecule has 0 fully saturated rings. The van der Waals surface area contributed by atoms with Crippen LogP contribution in [0.25, 0.3) is 6.20 Å². The van der Waals surface area contributed by atoms with Crippen molar-refractivity contribution in [2.24, 2.45) is 0 Å². The van der Waals surface area contributed by atoms with E-state index in [-0.39, 0.29) is 22.9 Å². The van der Waals surface area contributed by atoms with Crippen molar-refractivity contribution >= 4 is 23.7 Å². The third-order valence-electron chi connectivity index (χ3n) is 2.45. The van der Waals surface area contributed by atoms with Crippen molar-refractivity contribution in [1.82, 2.24) is 20.2 Å². The number of hydrogen-bond acceptors (Lipinski definition) is 7. The van der Waals surface area contributed by atoms with Gasteiger partial charge in [-0.25, -0.2) is 0 Å². The first-order chi connectivity index (χ1) is 10.0. The molecule has 2 rings (SSSR count).